The molecule has 2 aromatic carbocycles. The van der Waals surface area contributed by atoms with E-state index in [1.165, 1.54) is 24.3 Å². The van der Waals surface area contributed by atoms with Crippen molar-refractivity contribution in [3.05, 3.63) is 48.0 Å². The zero-order valence-electron chi connectivity index (χ0n) is 16.8. The normalized spacial score (nSPS) is 15.4. The summed E-state index contributed by atoms with van der Waals surface area (Å²) >= 11 is 0. The number of hydrogen-bond acceptors (Lipinski definition) is 5. The van der Waals surface area contributed by atoms with Crippen molar-refractivity contribution in [1.82, 2.24) is 4.90 Å². The van der Waals surface area contributed by atoms with Gasteiger partial charge in [-0.25, -0.2) is 8.42 Å². The molecule has 0 amide bonds. The van der Waals surface area contributed by atoms with E-state index in [1.807, 2.05) is 6.92 Å². The Morgan fingerprint density at radius 2 is 1.83 bits per heavy atom. The van der Waals surface area contributed by atoms with Crippen LogP contribution >= 0.6 is 12.4 Å². The van der Waals surface area contributed by atoms with Crippen LogP contribution in [0.15, 0.2) is 47.4 Å². The molecule has 30 heavy (non-hydrogen) atoms. The van der Waals surface area contributed by atoms with Crippen LogP contribution in [0, 0.1) is 6.92 Å². The predicted molar refractivity (Wildman–Crippen MR) is 117 cm³/mol. The first kappa shape index (κ1) is 24.2. The van der Waals surface area contributed by atoms with Crippen LogP contribution in [0.4, 0.5) is 20.2 Å². The second-order valence-corrected chi connectivity index (χ2v) is 8.79. The summed E-state index contributed by atoms with van der Waals surface area (Å²) in [6, 6.07) is 10.5. The van der Waals surface area contributed by atoms with Crippen molar-refractivity contribution >= 4 is 33.8 Å². The minimum Gasteiger partial charge on any atom is -0.435 e. The molecule has 0 spiro atoms. The number of likely N-dealkylation sites (N-methyl/N-ethyl adjacent to an activating group) is 1. The SMILES string of the molecule is Cc1ccc(S(=O)(=O)Nc2cccc(OC(F)F)c2)cc1N1CCCN(C)CC1.Cl. The Morgan fingerprint density at radius 1 is 1.07 bits per heavy atom. The molecule has 2 aromatic rings. The third-order valence-corrected chi connectivity index (χ3v) is 6.24. The van der Waals surface area contributed by atoms with Gasteiger partial charge in [0.2, 0.25) is 0 Å². The van der Waals surface area contributed by atoms with Gasteiger partial charge < -0.3 is 14.5 Å². The molecule has 3 rings (SSSR count). The van der Waals surface area contributed by atoms with Crippen LogP contribution in [0.25, 0.3) is 0 Å². The van der Waals surface area contributed by atoms with Gasteiger partial charge in [0.05, 0.1) is 10.6 Å². The Labute approximate surface area is 182 Å². The second-order valence-electron chi connectivity index (χ2n) is 7.10. The van der Waals surface area contributed by atoms with E-state index in [-0.39, 0.29) is 28.7 Å². The van der Waals surface area contributed by atoms with Crippen molar-refractivity contribution in [3.8, 4) is 5.75 Å². The van der Waals surface area contributed by atoms with Crippen LogP contribution in [-0.4, -0.2) is 53.2 Å². The second kappa shape index (κ2) is 10.3. The lowest BCUT2D eigenvalue weighted by atomic mass is 10.1. The van der Waals surface area contributed by atoms with Gasteiger partial charge in [-0.15, -0.1) is 12.4 Å². The molecule has 0 saturated carbocycles. The molecule has 166 valence electrons. The number of hydrogen-bond donors (Lipinski definition) is 1. The number of ether oxygens (including phenoxy) is 1. The molecular weight excluding hydrogens is 436 g/mol. The Morgan fingerprint density at radius 3 is 2.57 bits per heavy atom. The highest BCUT2D eigenvalue weighted by Gasteiger charge is 2.20. The number of rotatable bonds is 6. The topological polar surface area (TPSA) is 61.9 Å². The van der Waals surface area contributed by atoms with Gasteiger partial charge in [0.1, 0.15) is 5.75 Å². The highest BCUT2D eigenvalue weighted by Crippen LogP contribution is 2.27. The minimum absolute atomic E-state index is 0. The van der Waals surface area contributed by atoms with Gasteiger partial charge in [-0.2, -0.15) is 8.78 Å². The Hall–Kier alpha value is -2.10. The van der Waals surface area contributed by atoms with Crippen LogP contribution in [0.1, 0.15) is 12.0 Å². The van der Waals surface area contributed by atoms with Crippen molar-refractivity contribution in [2.45, 2.75) is 24.9 Å². The highest BCUT2D eigenvalue weighted by molar-refractivity contribution is 7.92. The molecule has 10 heteroatoms. The first-order chi connectivity index (χ1) is 13.7. The molecule has 1 heterocycles. The molecule has 1 aliphatic rings. The summed E-state index contributed by atoms with van der Waals surface area (Å²) in [5.41, 5.74) is 2.04. The van der Waals surface area contributed by atoms with Crippen molar-refractivity contribution in [2.24, 2.45) is 0 Å². The van der Waals surface area contributed by atoms with Gasteiger partial charge in [-0.05, 0) is 56.8 Å². The van der Waals surface area contributed by atoms with Crippen molar-refractivity contribution in [3.63, 3.8) is 0 Å². The molecule has 1 saturated heterocycles. The number of sulfonamides is 1. The van der Waals surface area contributed by atoms with Crippen LogP contribution in [-0.2, 0) is 10.0 Å². The summed E-state index contributed by atoms with van der Waals surface area (Å²) < 4.78 is 57.3. The molecule has 1 fully saturated rings. The summed E-state index contributed by atoms with van der Waals surface area (Å²) in [5, 5.41) is 0. The summed E-state index contributed by atoms with van der Waals surface area (Å²) in [6.45, 7) is 2.57. The largest absolute Gasteiger partial charge is 0.435 e. The van der Waals surface area contributed by atoms with Gasteiger partial charge >= 0.3 is 6.61 Å². The average molecular weight is 462 g/mol. The van der Waals surface area contributed by atoms with Gasteiger partial charge in [-0.1, -0.05) is 12.1 Å². The highest BCUT2D eigenvalue weighted by atomic mass is 35.5. The third-order valence-electron chi connectivity index (χ3n) is 4.86. The monoisotopic (exact) mass is 461 g/mol. The number of anilines is 2. The molecule has 1 aliphatic heterocycles. The van der Waals surface area contributed by atoms with Crippen molar-refractivity contribution in [2.75, 3.05) is 42.8 Å². The number of benzene rings is 2. The number of nitrogens with zero attached hydrogens (tertiary/aromatic N) is 2. The van der Waals surface area contributed by atoms with E-state index < -0.39 is 16.6 Å². The van der Waals surface area contributed by atoms with Gasteiger partial charge in [0, 0.05) is 31.4 Å². The molecule has 6 nitrogen and oxygen atoms in total. The smallest absolute Gasteiger partial charge is 0.387 e. The molecule has 0 unspecified atom stereocenters. The standard InChI is InChI=1S/C20H25F2N3O3S.ClH/c1-15-7-8-18(14-19(15)25-10-4-9-24(2)11-12-25)29(26,27)23-16-5-3-6-17(13-16)28-20(21)22;/h3,5-8,13-14,20,23H,4,9-12H2,1-2H3;1H. The van der Waals surface area contributed by atoms with Crippen LogP contribution in [0.3, 0.4) is 0 Å². The number of nitrogens with one attached hydrogen (secondary N) is 1. The fraction of sp³-hybridized carbons (Fsp3) is 0.400. The average Bonchev–Trinajstić information content (AvgIpc) is 2.86. The maximum Gasteiger partial charge on any atom is 0.387 e. The fourth-order valence-electron chi connectivity index (χ4n) is 3.33. The van der Waals surface area contributed by atoms with Crippen molar-refractivity contribution < 1.29 is 21.9 Å². The van der Waals surface area contributed by atoms with Crippen molar-refractivity contribution in [1.29, 1.82) is 0 Å². The summed E-state index contributed by atoms with van der Waals surface area (Å²) in [7, 11) is -1.81. The third kappa shape index (κ3) is 6.20. The quantitative estimate of drug-likeness (QED) is 0.705. The first-order valence-corrected chi connectivity index (χ1v) is 10.8. The summed E-state index contributed by atoms with van der Waals surface area (Å²) in [6.07, 6.45) is 1.00. The lowest BCUT2D eigenvalue weighted by Gasteiger charge is -2.25. The van der Waals surface area contributed by atoms with E-state index in [2.05, 4.69) is 26.3 Å². The molecular formula is C20H26ClF2N3O3S. The minimum atomic E-state index is -3.89. The molecule has 0 aliphatic carbocycles. The van der Waals surface area contributed by atoms with Crippen LogP contribution < -0.4 is 14.4 Å². The lowest BCUT2D eigenvalue weighted by Crippen LogP contribution is -2.29. The number of halogens is 3. The maximum atomic E-state index is 12.9. The van der Waals surface area contributed by atoms with E-state index in [1.54, 1.807) is 18.2 Å². The first-order valence-electron chi connectivity index (χ1n) is 9.36. The van der Waals surface area contributed by atoms with E-state index in [0.717, 1.165) is 43.9 Å². The lowest BCUT2D eigenvalue weighted by molar-refractivity contribution is -0.0497. The Balaban J connectivity index is 0.00000320. The predicted octanol–water partition coefficient (Wildman–Crippen LogP) is 3.96. The van der Waals surface area contributed by atoms with Gasteiger partial charge in [-0.3, -0.25) is 4.72 Å². The maximum absolute atomic E-state index is 12.9. The van der Waals surface area contributed by atoms with E-state index in [9.17, 15) is 17.2 Å². The summed E-state index contributed by atoms with van der Waals surface area (Å²) in [5.74, 6) is -0.113. The number of alkyl halides is 2. The number of aryl methyl sites for hydroxylation is 1. The molecule has 1 N–H and O–H groups in total. The zero-order chi connectivity index (χ0) is 21.0. The molecule has 0 radical (unpaired) electrons. The Bertz CT molecular complexity index is 960. The molecule has 0 aromatic heterocycles. The van der Waals surface area contributed by atoms with E-state index >= 15 is 0 Å². The van der Waals surface area contributed by atoms with Gasteiger partial charge in [0.15, 0.2) is 0 Å². The van der Waals surface area contributed by atoms with Crippen LogP contribution in [0.5, 0.6) is 5.75 Å². The van der Waals surface area contributed by atoms with E-state index in [4.69, 9.17) is 0 Å². The fourth-order valence-corrected chi connectivity index (χ4v) is 4.40. The summed E-state index contributed by atoms with van der Waals surface area (Å²) in [4.78, 5) is 4.58. The molecule has 0 bridgehead atoms. The Kier molecular flexibility index (Phi) is 8.28. The van der Waals surface area contributed by atoms with Gasteiger partial charge in [0.25, 0.3) is 10.0 Å². The zero-order valence-corrected chi connectivity index (χ0v) is 18.5. The molecule has 0 atom stereocenters. The van der Waals surface area contributed by atoms with Crippen LogP contribution in [0.2, 0.25) is 0 Å². The van der Waals surface area contributed by atoms with E-state index in [0.29, 0.717) is 0 Å².